The van der Waals surface area contributed by atoms with E-state index in [1.54, 1.807) is 11.8 Å². The van der Waals surface area contributed by atoms with Crippen molar-refractivity contribution < 1.29 is 9.90 Å². The largest absolute Gasteiger partial charge is 0.388 e. The number of hydrogen-bond acceptors (Lipinski definition) is 3. The first-order valence-corrected chi connectivity index (χ1v) is 7.44. The Labute approximate surface area is 112 Å². The number of amides is 1. The van der Waals surface area contributed by atoms with Crippen molar-refractivity contribution in [3.63, 3.8) is 0 Å². The Hall–Kier alpha value is -1.00. The van der Waals surface area contributed by atoms with Crippen molar-refractivity contribution in [3.05, 3.63) is 35.9 Å². The number of benzene rings is 1. The predicted octanol–water partition coefficient (Wildman–Crippen LogP) is 2.12. The molecule has 1 saturated heterocycles. The molecule has 0 aliphatic carbocycles. The summed E-state index contributed by atoms with van der Waals surface area (Å²) in [7, 11) is 0. The summed E-state index contributed by atoms with van der Waals surface area (Å²) in [4.78, 5) is 11.7. The van der Waals surface area contributed by atoms with Gasteiger partial charge in [0.25, 0.3) is 0 Å². The molecule has 0 spiro atoms. The number of aliphatic hydroxyl groups is 1. The van der Waals surface area contributed by atoms with Gasteiger partial charge in [0.1, 0.15) is 0 Å². The van der Waals surface area contributed by atoms with Crippen molar-refractivity contribution in [2.75, 3.05) is 12.3 Å². The van der Waals surface area contributed by atoms with Crippen molar-refractivity contribution in [2.45, 2.75) is 30.6 Å². The van der Waals surface area contributed by atoms with Gasteiger partial charge in [0, 0.05) is 12.3 Å². The monoisotopic (exact) mass is 265 g/mol. The van der Waals surface area contributed by atoms with Crippen LogP contribution >= 0.6 is 11.8 Å². The Bertz CT molecular complexity index is 383. The van der Waals surface area contributed by atoms with Gasteiger partial charge in [-0.25, -0.2) is 0 Å². The molecule has 0 aromatic heterocycles. The Kier molecular flexibility index (Phi) is 5.08. The summed E-state index contributed by atoms with van der Waals surface area (Å²) in [5, 5.41) is 13.0. The van der Waals surface area contributed by atoms with Crippen LogP contribution in [0.15, 0.2) is 30.3 Å². The molecule has 0 saturated carbocycles. The van der Waals surface area contributed by atoms with E-state index in [1.807, 2.05) is 30.3 Å². The number of rotatable bonds is 4. The third kappa shape index (κ3) is 3.75. The first-order valence-electron chi connectivity index (χ1n) is 6.39. The lowest BCUT2D eigenvalue weighted by molar-refractivity contribution is -0.120. The number of thioether (sulfide) groups is 1. The van der Waals surface area contributed by atoms with Gasteiger partial charge in [0.15, 0.2) is 0 Å². The summed E-state index contributed by atoms with van der Waals surface area (Å²) in [5.41, 5.74) is 0.916. The van der Waals surface area contributed by atoms with E-state index in [0.717, 1.165) is 31.4 Å². The summed E-state index contributed by atoms with van der Waals surface area (Å²) >= 11 is 1.56. The van der Waals surface area contributed by atoms with Crippen LogP contribution in [0.4, 0.5) is 0 Å². The highest BCUT2D eigenvalue weighted by molar-refractivity contribution is 8.00. The van der Waals surface area contributed by atoms with Gasteiger partial charge in [-0.15, -0.1) is 11.8 Å². The van der Waals surface area contributed by atoms with E-state index in [-0.39, 0.29) is 11.2 Å². The summed E-state index contributed by atoms with van der Waals surface area (Å²) in [6.07, 6.45) is 2.56. The number of carbonyl (C=O) groups is 1. The molecule has 2 N–H and O–H groups in total. The molecule has 2 atom stereocenters. The summed E-state index contributed by atoms with van der Waals surface area (Å²) < 4.78 is 0. The van der Waals surface area contributed by atoms with Crippen molar-refractivity contribution >= 4 is 17.7 Å². The summed E-state index contributed by atoms with van der Waals surface area (Å²) in [6, 6.07) is 9.60. The van der Waals surface area contributed by atoms with Crippen molar-refractivity contribution in [3.8, 4) is 0 Å². The SMILES string of the molecule is O=C1NCCCC[C@H]1SC[C@@H](O)c1ccccc1. The van der Waals surface area contributed by atoms with E-state index in [9.17, 15) is 9.90 Å². The average molecular weight is 265 g/mol. The van der Waals surface area contributed by atoms with Gasteiger partial charge in [0.2, 0.25) is 5.91 Å². The normalized spacial score (nSPS) is 22.1. The number of carbonyl (C=O) groups excluding carboxylic acids is 1. The lowest BCUT2D eigenvalue weighted by Gasteiger charge is -2.16. The van der Waals surface area contributed by atoms with E-state index in [2.05, 4.69) is 5.32 Å². The molecular weight excluding hydrogens is 246 g/mol. The fraction of sp³-hybridized carbons (Fsp3) is 0.500. The van der Waals surface area contributed by atoms with Crippen molar-refractivity contribution in [1.29, 1.82) is 0 Å². The fourth-order valence-electron chi connectivity index (χ4n) is 2.05. The van der Waals surface area contributed by atoms with Crippen LogP contribution in [0.1, 0.15) is 30.9 Å². The predicted molar refractivity (Wildman–Crippen MR) is 74.5 cm³/mol. The van der Waals surface area contributed by atoms with E-state index in [0.29, 0.717) is 5.75 Å². The molecule has 4 heteroatoms. The highest BCUT2D eigenvalue weighted by Crippen LogP contribution is 2.25. The van der Waals surface area contributed by atoms with Crippen LogP contribution in [0.25, 0.3) is 0 Å². The van der Waals surface area contributed by atoms with Crippen LogP contribution in [0, 0.1) is 0 Å². The molecule has 1 amide bonds. The third-order valence-corrected chi connectivity index (χ3v) is 4.48. The zero-order valence-corrected chi connectivity index (χ0v) is 11.2. The van der Waals surface area contributed by atoms with E-state index >= 15 is 0 Å². The maximum Gasteiger partial charge on any atom is 0.233 e. The number of aliphatic hydroxyl groups excluding tert-OH is 1. The molecule has 1 aromatic rings. The molecule has 1 aromatic carbocycles. The van der Waals surface area contributed by atoms with Crippen LogP contribution in [0.2, 0.25) is 0 Å². The van der Waals surface area contributed by atoms with Gasteiger partial charge >= 0.3 is 0 Å². The molecule has 0 bridgehead atoms. The van der Waals surface area contributed by atoms with Gasteiger partial charge < -0.3 is 10.4 Å². The zero-order valence-electron chi connectivity index (χ0n) is 10.3. The summed E-state index contributed by atoms with van der Waals surface area (Å²) in [5.74, 6) is 0.694. The molecular formula is C14H19NO2S. The number of hydrogen-bond donors (Lipinski definition) is 2. The zero-order chi connectivity index (χ0) is 12.8. The smallest absolute Gasteiger partial charge is 0.233 e. The Morgan fingerprint density at radius 3 is 2.89 bits per heavy atom. The molecule has 1 aliphatic rings. The Morgan fingerprint density at radius 2 is 2.11 bits per heavy atom. The second-order valence-electron chi connectivity index (χ2n) is 4.54. The fourth-order valence-corrected chi connectivity index (χ4v) is 3.22. The second-order valence-corrected chi connectivity index (χ2v) is 5.77. The lowest BCUT2D eigenvalue weighted by atomic mass is 10.1. The maximum atomic E-state index is 11.7. The van der Waals surface area contributed by atoms with E-state index in [1.165, 1.54) is 0 Å². The molecule has 18 heavy (non-hydrogen) atoms. The van der Waals surface area contributed by atoms with Crippen LogP contribution in [0.5, 0.6) is 0 Å². The van der Waals surface area contributed by atoms with Gasteiger partial charge in [0.05, 0.1) is 11.4 Å². The molecule has 98 valence electrons. The second kappa shape index (κ2) is 6.81. The van der Waals surface area contributed by atoms with Crippen molar-refractivity contribution in [1.82, 2.24) is 5.32 Å². The van der Waals surface area contributed by atoms with Crippen molar-refractivity contribution in [2.24, 2.45) is 0 Å². The average Bonchev–Trinajstić information content (AvgIpc) is 2.62. The van der Waals surface area contributed by atoms with Crippen LogP contribution in [-0.2, 0) is 4.79 Å². The topological polar surface area (TPSA) is 49.3 Å². The van der Waals surface area contributed by atoms with Crippen LogP contribution in [0.3, 0.4) is 0 Å². The van der Waals surface area contributed by atoms with Gasteiger partial charge in [-0.05, 0) is 18.4 Å². The Balaban J connectivity index is 1.85. The minimum atomic E-state index is -0.493. The first kappa shape index (κ1) is 13.4. The third-order valence-electron chi connectivity index (χ3n) is 3.12. The standard InChI is InChI=1S/C14H19NO2S/c16-12(11-6-2-1-3-7-11)10-18-13-8-4-5-9-15-14(13)17/h1-3,6-7,12-13,16H,4-5,8-10H2,(H,15,17)/t12-,13-/m1/s1. The van der Waals surface area contributed by atoms with E-state index in [4.69, 9.17) is 0 Å². The first-order chi connectivity index (χ1) is 8.77. The molecule has 1 aliphatic heterocycles. The number of nitrogens with one attached hydrogen (secondary N) is 1. The van der Waals surface area contributed by atoms with E-state index < -0.39 is 6.10 Å². The minimum Gasteiger partial charge on any atom is -0.388 e. The summed E-state index contributed by atoms with van der Waals surface area (Å²) in [6.45, 7) is 0.789. The highest BCUT2D eigenvalue weighted by Gasteiger charge is 2.22. The van der Waals surface area contributed by atoms with Gasteiger partial charge in [-0.3, -0.25) is 4.79 Å². The molecule has 3 nitrogen and oxygen atoms in total. The van der Waals surface area contributed by atoms with Gasteiger partial charge in [-0.2, -0.15) is 0 Å². The minimum absolute atomic E-state index is 0.00846. The molecule has 1 fully saturated rings. The molecule has 0 radical (unpaired) electrons. The van der Waals surface area contributed by atoms with Crippen LogP contribution < -0.4 is 5.32 Å². The molecule has 1 heterocycles. The molecule has 2 rings (SSSR count). The van der Waals surface area contributed by atoms with Crippen LogP contribution in [-0.4, -0.2) is 28.6 Å². The van der Waals surface area contributed by atoms with Gasteiger partial charge in [-0.1, -0.05) is 36.8 Å². The quantitative estimate of drug-likeness (QED) is 0.876. The lowest BCUT2D eigenvalue weighted by Crippen LogP contribution is -2.31. The maximum absolute atomic E-state index is 11.7. The highest BCUT2D eigenvalue weighted by atomic mass is 32.2. The Morgan fingerprint density at radius 1 is 1.33 bits per heavy atom. The molecule has 0 unspecified atom stereocenters.